The molecule has 152 valence electrons. The van der Waals surface area contributed by atoms with Crippen LogP contribution >= 0.6 is 23.2 Å². The van der Waals surface area contributed by atoms with Crippen molar-refractivity contribution >= 4 is 40.7 Å². The lowest BCUT2D eigenvalue weighted by Gasteiger charge is -2.31. The number of carbonyl (C=O) groups is 2. The number of amides is 2. The molecule has 1 aliphatic carbocycles. The Morgan fingerprint density at radius 1 is 1.07 bits per heavy atom. The number of hydrogen-bond donors (Lipinski definition) is 2. The van der Waals surface area contributed by atoms with Crippen molar-refractivity contribution < 1.29 is 14.7 Å². The molecule has 2 amide bonds. The van der Waals surface area contributed by atoms with Gasteiger partial charge in [-0.1, -0.05) is 41.4 Å². The first kappa shape index (κ1) is 20.0. The Balaban J connectivity index is 1.30. The molecule has 1 saturated carbocycles. The molecule has 0 aromatic heterocycles. The maximum atomic E-state index is 12.8. The molecule has 5 nitrogen and oxygen atoms in total. The minimum atomic E-state index is -0.198. The van der Waals surface area contributed by atoms with Crippen molar-refractivity contribution in [2.45, 2.75) is 25.2 Å². The summed E-state index contributed by atoms with van der Waals surface area (Å²) >= 11 is 12.2. The van der Waals surface area contributed by atoms with Gasteiger partial charge in [0.1, 0.15) is 5.75 Å². The number of hydrogen-bond acceptors (Lipinski definition) is 3. The normalized spacial score (nSPS) is 21.7. The Hall–Kier alpha value is -2.24. The molecule has 4 rings (SSSR count). The predicted octanol–water partition coefficient (Wildman–Crippen LogP) is 4.68. The Morgan fingerprint density at radius 2 is 1.79 bits per heavy atom. The van der Waals surface area contributed by atoms with Crippen LogP contribution < -0.4 is 5.32 Å². The van der Waals surface area contributed by atoms with Crippen LogP contribution in [0.1, 0.15) is 30.7 Å². The van der Waals surface area contributed by atoms with Gasteiger partial charge in [0, 0.05) is 35.0 Å². The van der Waals surface area contributed by atoms with Gasteiger partial charge in [0.2, 0.25) is 11.8 Å². The van der Waals surface area contributed by atoms with E-state index in [-0.39, 0.29) is 35.3 Å². The number of nitrogens with zero attached hydrogens (tertiary/aromatic N) is 1. The molecule has 0 unspecified atom stereocenters. The number of piperidine rings is 1. The number of carbonyl (C=O) groups excluding carboxylic acids is 2. The van der Waals surface area contributed by atoms with Gasteiger partial charge in [-0.05, 0) is 55.0 Å². The number of nitrogens with one attached hydrogen (secondary N) is 1. The zero-order chi connectivity index (χ0) is 20.5. The smallest absolute Gasteiger partial charge is 0.227 e. The number of phenols is 1. The van der Waals surface area contributed by atoms with Gasteiger partial charge in [-0.2, -0.15) is 0 Å². The second-order valence-corrected chi connectivity index (χ2v) is 8.56. The molecule has 2 aromatic carbocycles. The van der Waals surface area contributed by atoms with Crippen LogP contribution in [0.2, 0.25) is 10.0 Å². The average molecular weight is 433 g/mol. The van der Waals surface area contributed by atoms with Crippen molar-refractivity contribution in [1.29, 1.82) is 0 Å². The van der Waals surface area contributed by atoms with E-state index in [0.29, 0.717) is 41.7 Å². The van der Waals surface area contributed by atoms with Crippen LogP contribution in [0.15, 0.2) is 42.5 Å². The van der Waals surface area contributed by atoms with Crippen LogP contribution in [0.25, 0.3) is 0 Å². The third kappa shape index (κ3) is 4.36. The van der Waals surface area contributed by atoms with Gasteiger partial charge in [0.15, 0.2) is 0 Å². The first-order valence-electron chi connectivity index (χ1n) is 9.76. The molecule has 0 bridgehead atoms. The standard InChI is InChI=1S/C22H22Cl2N2O3/c23-14-5-6-20(27)19(11-14)25-21(28)13-7-9-26(10-8-13)22(29)17-12-16(17)15-3-1-2-4-18(15)24/h1-6,11,13,16-17,27H,7-10,12H2,(H,25,28)/t16-,17+/m1/s1. The van der Waals surface area contributed by atoms with E-state index < -0.39 is 0 Å². The summed E-state index contributed by atoms with van der Waals surface area (Å²) in [5.41, 5.74) is 1.35. The van der Waals surface area contributed by atoms with Crippen LogP contribution in [-0.4, -0.2) is 34.9 Å². The van der Waals surface area contributed by atoms with Crippen molar-refractivity contribution in [2.24, 2.45) is 11.8 Å². The van der Waals surface area contributed by atoms with Gasteiger partial charge in [-0.25, -0.2) is 0 Å². The number of likely N-dealkylation sites (tertiary alicyclic amines) is 1. The third-order valence-electron chi connectivity index (χ3n) is 5.81. The maximum absolute atomic E-state index is 12.8. The van der Waals surface area contributed by atoms with E-state index in [0.717, 1.165) is 12.0 Å². The predicted molar refractivity (Wildman–Crippen MR) is 113 cm³/mol. The fourth-order valence-electron chi connectivity index (χ4n) is 4.03. The van der Waals surface area contributed by atoms with E-state index in [4.69, 9.17) is 23.2 Å². The van der Waals surface area contributed by atoms with E-state index in [1.165, 1.54) is 12.1 Å². The first-order valence-corrected chi connectivity index (χ1v) is 10.5. The summed E-state index contributed by atoms with van der Waals surface area (Å²) in [4.78, 5) is 27.2. The second-order valence-electron chi connectivity index (χ2n) is 7.72. The van der Waals surface area contributed by atoms with Crippen LogP contribution in [0.4, 0.5) is 5.69 Å². The van der Waals surface area contributed by atoms with Gasteiger partial charge in [0.25, 0.3) is 0 Å². The topological polar surface area (TPSA) is 69.6 Å². The van der Waals surface area contributed by atoms with E-state index in [2.05, 4.69) is 5.32 Å². The molecule has 29 heavy (non-hydrogen) atoms. The highest BCUT2D eigenvalue weighted by Gasteiger charge is 2.47. The third-order valence-corrected chi connectivity index (χ3v) is 6.39. The second kappa shape index (κ2) is 8.25. The number of phenolic OH excluding ortho intramolecular Hbond substituents is 1. The first-order chi connectivity index (χ1) is 13.9. The summed E-state index contributed by atoms with van der Waals surface area (Å²) in [6.45, 7) is 1.12. The summed E-state index contributed by atoms with van der Waals surface area (Å²) < 4.78 is 0. The Kier molecular flexibility index (Phi) is 5.70. The van der Waals surface area contributed by atoms with Crippen LogP contribution in [0.5, 0.6) is 5.75 Å². The maximum Gasteiger partial charge on any atom is 0.227 e. The van der Waals surface area contributed by atoms with E-state index in [1.54, 1.807) is 6.07 Å². The number of benzene rings is 2. The highest BCUT2D eigenvalue weighted by Crippen LogP contribution is 2.50. The van der Waals surface area contributed by atoms with Crippen molar-refractivity contribution in [3.8, 4) is 5.75 Å². The molecule has 1 aliphatic heterocycles. The number of halogens is 2. The quantitative estimate of drug-likeness (QED) is 0.688. The van der Waals surface area contributed by atoms with Crippen molar-refractivity contribution in [1.82, 2.24) is 4.90 Å². The fraction of sp³-hybridized carbons (Fsp3) is 0.364. The monoisotopic (exact) mass is 432 g/mol. The minimum absolute atomic E-state index is 0.0105. The van der Waals surface area contributed by atoms with E-state index >= 15 is 0 Å². The lowest BCUT2D eigenvalue weighted by molar-refractivity contribution is -0.135. The molecular weight excluding hydrogens is 411 g/mol. The van der Waals surface area contributed by atoms with Crippen LogP contribution in [0, 0.1) is 11.8 Å². The summed E-state index contributed by atoms with van der Waals surface area (Å²) in [5, 5.41) is 13.8. The Labute approximate surface area is 179 Å². The number of rotatable bonds is 4. The minimum Gasteiger partial charge on any atom is -0.506 e. The Bertz CT molecular complexity index is 941. The highest BCUT2D eigenvalue weighted by molar-refractivity contribution is 6.31. The lowest BCUT2D eigenvalue weighted by atomic mass is 9.95. The highest BCUT2D eigenvalue weighted by atomic mass is 35.5. The molecule has 2 aromatic rings. The summed E-state index contributed by atoms with van der Waals surface area (Å²) in [5.74, 6) is -0.0336. The molecule has 1 heterocycles. The zero-order valence-corrected chi connectivity index (χ0v) is 17.3. The number of anilines is 1. The molecule has 2 N–H and O–H groups in total. The zero-order valence-electron chi connectivity index (χ0n) is 15.8. The van der Waals surface area contributed by atoms with Crippen LogP contribution in [-0.2, 0) is 9.59 Å². The van der Waals surface area contributed by atoms with E-state index in [9.17, 15) is 14.7 Å². The molecular formula is C22H22Cl2N2O3. The summed E-state index contributed by atoms with van der Waals surface area (Å²) in [6, 6.07) is 12.2. The lowest BCUT2D eigenvalue weighted by Crippen LogP contribution is -2.42. The molecule has 2 fully saturated rings. The Morgan fingerprint density at radius 3 is 2.52 bits per heavy atom. The molecule has 0 spiro atoms. The fourth-order valence-corrected chi connectivity index (χ4v) is 4.48. The summed E-state index contributed by atoms with van der Waals surface area (Å²) in [7, 11) is 0. The van der Waals surface area contributed by atoms with E-state index in [1.807, 2.05) is 29.2 Å². The van der Waals surface area contributed by atoms with Gasteiger partial charge in [-0.15, -0.1) is 0 Å². The van der Waals surface area contributed by atoms with Gasteiger partial charge in [0.05, 0.1) is 5.69 Å². The van der Waals surface area contributed by atoms with Gasteiger partial charge < -0.3 is 15.3 Å². The van der Waals surface area contributed by atoms with Gasteiger partial charge >= 0.3 is 0 Å². The molecule has 0 radical (unpaired) electrons. The average Bonchev–Trinajstić information content (AvgIpc) is 3.51. The molecule has 2 atom stereocenters. The summed E-state index contributed by atoms with van der Waals surface area (Å²) in [6.07, 6.45) is 2.03. The van der Waals surface area contributed by atoms with Crippen molar-refractivity contribution in [3.05, 3.63) is 58.1 Å². The van der Waals surface area contributed by atoms with Crippen molar-refractivity contribution in [3.63, 3.8) is 0 Å². The molecule has 1 saturated heterocycles. The SMILES string of the molecule is O=C(Nc1cc(Cl)ccc1O)C1CCN(C(=O)[C@H]2C[C@@H]2c2ccccc2Cl)CC1. The largest absolute Gasteiger partial charge is 0.506 e. The van der Waals surface area contributed by atoms with Gasteiger partial charge in [-0.3, -0.25) is 9.59 Å². The van der Waals surface area contributed by atoms with Crippen LogP contribution in [0.3, 0.4) is 0 Å². The van der Waals surface area contributed by atoms with Crippen molar-refractivity contribution in [2.75, 3.05) is 18.4 Å². The molecule has 2 aliphatic rings. The number of aromatic hydroxyl groups is 1. The molecule has 7 heteroatoms.